The second-order valence-electron chi connectivity index (χ2n) is 5.26. The van der Waals surface area contributed by atoms with Gasteiger partial charge in [-0.2, -0.15) is 0 Å². The van der Waals surface area contributed by atoms with Crippen molar-refractivity contribution >= 4 is 35.6 Å². The second kappa shape index (κ2) is 8.00. The number of carbonyl (C=O) groups is 2. The van der Waals surface area contributed by atoms with E-state index in [1.54, 1.807) is 0 Å². The molecule has 0 bridgehead atoms. The molecule has 1 unspecified atom stereocenters. The predicted molar refractivity (Wildman–Crippen MR) is 87.0 cm³/mol. The maximum absolute atomic E-state index is 12.3. The Morgan fingerprint density at radius 2 is 2.00 bits per heavy atom. The molecule has 6 heteroatoms. The molecule has 5 nitrogen and oxygen atoms in total. The normalized spacial score (nSPS) is 17.5. The van der Waals surface area contributed by atoms with E-state index in [0.717, 1.165) is 24.9 Å². The SMILES string of the molecule is CC(=O)Nc1ccc(C)cc1NC(=O)C1CCCNC1.Cl. The third kappa shape index (κ3) is 5.02. The molecule has 1 aliphatic rings. The van der Waals surface area contributed by atoms with Crippen molar-refractivity contribution in [3.8, 4) is 0 Å². The molecule has 1 heterocycles. The first-order valence-corrected chi connectivity index (χ1v) is 6.96. The number of carbonyl (C=O) groups excluding carboxylic acids is 2. The number of benzene rings is 1. The van der Waals surface area contributed by atoms with Crippen LogP contribution in [0, 0.1) is 12.8 Å². The van der Waals surface area contributed by atoms with Crippen LogP contribution in [0.4, 0.5) is 11.4 Å². The van der Waals surface area contributed by atoms with E-state index in [4.69, 9.17) is 0 Å². The van der Waals surface area contributed by atoms with E-state index in [0.29, 0.717) is 17.9 Å². The Bertz CT molecular complexity index is 514. The summed E-state index contributed by atoms with van der Waals surface area (Å²) in [6.07, 6.45) is 1.92. The third-order valence-corrected chi connectivity index (χ3v) is 3.41. The van der Waals surface area contributed by atoms with E-state index < -0.39 is 0 Å². The summed E-state index contributed by atoms with van der Waals surface area (Å²) in [7, 11) is 0. The molecule has 1 aromatic rings. The number of halogens is 1. The van der Waals surface area contributed by atoms with Crippen molar-refractivity contribution in [2.75, 3.05) is 23.7 Å². The minimum absolute atomic E-state index is 0. The van der Waals surface area contributed by atoms with Gasteiger partial charge < -0.3 is 16.0 Å². The molecule has 21 heavy (non-hydrogen) atoms. The van der Waals surface area contributed by atoms with Crippen molar-refractivity contribution in [3.63, 3.8) is 0 Å². The highest BCUT2D eigenvalue weighted by Gasteiger charge is 2.21. The van der Waals surface area contributed by atoms with Crippen LogP contribution in [0.15, 0.2) is 18.2 Å². The Morgan fingerprint density at radius 1 is 1.24 bits per heavy atom. The topological polar surface area (TPSA) is 70.2 Å². The number of rotatable bonds is 3. The molecular formula is C15H22ClN3O2. The number of nitrogens with one attached hydrogen (secondary N) is 3. The first kappa shape index (κ1) is 17.5. The molecule has 116 valence electrons. The number of anilines is 2. The molecule has 0 spiro atoms. The van der Waals surface area contributed by atoms with Crippen LogP contribution in [-0.2, 0) is 9.59 Å². The van der Waals surface area contributed by atoms with Gasteiger partial charge in [0.05, 0.1) is 17.3 Å². The summed E-state index contributed by atoms with van der Waals surface area (Å²) in [5, 5.41) is 8.90. The zero-order valence-corrected chi connectivity index (χ0v) is 13.2. The lowest BCUT2D eigenvalue weighted by molar-refractivity contribution is -0.120. The molecule has 1 aliphatic heterocycles. The lowest BCUT2D eigenvalue weighted by atomic mass is 9.98. The molecule has 1 saturated heterocycles. The maximum atomic E-state index is 12.3. The van der Waals surface area contributed by atoms with Gasteiger partial charge in [0.15, 0.2) is 0 Å². The van der Waals surface area contributed by atoms with Gasteiger partial charge in [-0.15, -0.1) is 12.4 Å². The Balaban J connectivity index is 0.00000220. The highest BCUT2D eigenvalue weighted by atomic mass is 35.5. The van der Waals surface area contributed by atoms with Crippen molar-refractivity contribution in [2.24, 2.45) is 5.92 Å². The molecule has 2 rings (SSSR count). The maximum Gasteiger partial charge on any atom is 0.228 e. The predicted octanol–water partition coefficient (Wildman–Crippen LogP) is 2.31. The quantitative estimate of drug-likeness (QED) is 0.802. The summed E-state index contributed by atoms with van der Waals surface area (Å²) < 4.78 is 0. The highest BCUT2D eigenvalue weighted by molar-refractivity contribution is 5.99. The highest BCUT2D eigenvalue weighted by Crippen LogP contribution is 2.24. The molecule has 1 fully saturated rings. The molecule has 1 aromatic carbocycles. The van der Waals surface area contributed by atoms with Gasteiger partial charge in [0.25, 0.3) is 0 Å². The zero-order chi connectivity index (χ0) is 14.5. The average Bonchev–Trinajstić information content (AvgIpc) is 2.42. The number of piperidine rings is 1. The van der Waals surface area contributed by atoms with Crippen LogP contribution in [0.1, 0.15) is 25.3 Å². The summed E-state index contributed by atoms with van der Waals surface area (Å²) in [5.41, 5.74) is 2.34. The fourth-order valence-corrected chi connectivity index (χ4v) is 2.37. The van der Waals surface area contributed by atoms with Crippen molar-refractivity contribution < 1.29 is 9.59 Å². The number of amides is 2. The molecule has 3 N–H and O–H groups in total. The van der Waals surface area contributed by atoms with E-state index >= 15 is 0 Å². The molecule has 1 atom stereocenters. The van der Waals surface area contributed by atoms with Crippen LogP contribution in [0.5, 0.6) is 0 Å². The van der Waals surface area contributed by atoms with Gasteiger partial charge >= 0.3 is 0 Å². The van der Waals surface area contributed by atoms with E-state index in [2.05, 4.69) is 16.0 Å². The van der Waals surface area contributed by atoms with E-state index in [-0.39, 0.29) is 30.1 Å². The van der Waals surface area contributed by atoms with E-state index in [1.165, 1.54) is 6.92 Å². The Kier molecular flexibility index (Phi) is 6.65. The molecule has 0 aliphatic carbocycles. The molecule has 0 saturated carbocycles. The van der Waals surface area contributed by atoms with Crippen molar-refractivity contribution in [1.29, 1.82) is 0 Å². The van der Waals surface area contributed by atoms with Crippen LogP contribution in [0.3, 0.4) is 0 Å². The fraction of sp³-hybridized carbons (Fsp3) is 0.467. The van der Waals surface area contributed by atoms with Gasteiger partial charge in [0, 0.05) is 13.5 Å². The summed E-state index contributed by atoms with van der Waals surface area (Å²) in [4.78, 5) is 23.5. The lowest BCUT2D eigenvalue weighted by Crippen LogP contribution is -2.37. The van der Waals surface area contributed by atoms with Crippen LogP contribution >= 0.6 is 12.4 Å². The smallest absolute Gasteiger partial charge is 0.228 e. The van der Waals surface area contributed by atoms with Gasteiger partial charge in [0.1, 0.15) is 0 Å². The number of hydrogen-bond donors (Lipinski definition) is 3. The van der Waals surface area contributed by atoms with Crippen LogP contribution < -0.4 is 16.0 Å². The number of hydrogen-bond acceptors (Lipinski definition) is 3. The van der Waals surface area contributed by atoms with E-state index in [9.17, 15) is 9.59 Å². The van der Waals surface area contributed by atoms with Crippen LogP contribution in [0.25, 0.3) is 0 Å². The van der Waals surface area contributed by atoms with Crippen molar-refractivity contribution in [3.05, 3.63) is 23.8 Å². The molecule has 2 amide bonds. The summed E-state index contributed by atoms with van der Waals surface area (Å²) in [5.74, 6) is -0.146. The minimum Gasteiger partial charge on any atom is -0.325 e. The molecular weight excluding hydrogens is 290 g/mol. The standard InChI is InChI=1S/C15H21N3O2.ClH/c1-10-5-6-13(17-11(2)19)14(8-10)18-15(20)12-4-3-7-16-9-12;/h5-6,8,12,16H,3-4,7,9H2,1-2H3,(H,17,19)(H,18,20);1H. The van der Waals surface area contributed by atoms with Crippen LogP contribution in [0.2, 0.25) is 0 Å². The Labute approximate surface area is 131 Å². The van der Waals surface area contributed by atoms with Gasteiger partial charge in [-0.3, -0.25) is 9.59 Å². The number of aryl methyl sites for hydroxylation is 1. The van der Waals surface area contributed by atoms with E-state index in [1.807, 2.05) is 25.1 Å². The van der Waals surface area contributed by atoms with Gasteiger partial charge in [0.2, 0.25) is 11.8 Å². The van der Waals surface area contributed by atoms with Crippen LogP contribution in [-0.4, -0.2) is 24.9 Å². The van der Waals surface area contributed by atoms with Gasteiger partial charge in [-0.1, -0.05) is 6.07 Å². The van der Waals surface area contributed by atoms with Gasteiger partial charge in [-0.25, -0.2) is 0 Å². The first-order chi connectivity index (χ1) is 9.56. The molecule has 0 radical (unpaired) electrons. The summed E-state index contributed by atoms with van der Waals surface area (Å²) >= 11 is 0. The Hall–Kier alpha value is -1.59. The third-order valence-electron chi connectivity index (χ3n) is 3.41. The summed E-state index contributed by atoms with van der Waals surface area (Å²) in [6, 6.07) is 5.59. The van der Waals surface area contributed by atoms with Crippen molar-refractivity contribution in [2.45, 2.75) is 26.7 Å². The average molecular weight is 312 g/mol. The lowest BCUT2D eigenvalue weighted by Gasteiger charge is -2.22. The Morgan fingerprint density at radius 3 is 2.62 bits per heavy atom. The molecule has 0 aromatic heterocycles. The largest absolute Gasteiger partial charge is 0.325 e. The summed E-state index contributed by atoms with van der Waals surface area (Å²) in [6.45, 7) is 5.10. The van der Waals surface area contributed by atoms with Gasteiger partial charge in [-0.05, 0) is 44.0 Å². The first-order valence-electron chi connectivity index (χ1n) is 6.96. The monoisotopic (exact) mass is 311 g/mol. The zero-order valence-electron chi connectivity index (χ0n) is 12.4. The second-order valence-corrected chi connectivity index (χ2v) is 5.26. The van der Waals surface area contributed by atoms with Crippen molar-refractivity contribution in [1.82, 2.24) is 5.32 Å². The minimum atomic E-state index is -0.149. The fourth-order valence-electron chi connectivity index (χ4n) is 2.37.